The average molecular weight is 191 g/mol. The van der Waals surface area contributed by atoms with Crippen LogP contribution in [0.1, 0.15) is 5.82 Å². The Hall–Kier alpha value is -1.42. The molecule has 0 aliphatic carbocycles. The number of aromatic nitrogens is 2. The van der Waals surface area contributed by atoms with Crippen LogP contribution >= 0.6 is 11.3 Å². The van der Waals surface area contributed by atoms with Crippen LogP contribution in [0, 0.1) is 6.92 Å². The zero-order valence-electron chi connectivity index (χ0n) is 7.19. The minimum Gasteiger partial charge on any atom is -0.391 e. The molecule has 0 bridgehead atoms. The van der Waals surface area contributed by atoms with Gasteiger partial charge in [0.25, 0.3) is 0 Å². The normalized spacial score (nSPS) is 10.2. The average Bonchev–Trinajstić information content (AvgIpc) is 2.53. The van der Waals surface area contributed by atoms with E-state index in [1.165, 1.54) is 0 Å². The molecule has 0 aliphatic heterocycles. The second-order valence-electron chi connectivity index (χ2n) is 2.72. The number of nitrogen functional groups attached to an aromatic ring is 1. The third-order valence-electron chi connectivity index (χ3n) is 1.69. The molecule has 0 amide bonds. The van der Waals surface area contributed by atoms with Gasteiger partial charge in [0.05, 0.1) is 5.00 Å². The van der Waals surface area contributed by atoms with Crippen molar-refractivity contribution >= 4 is 16.3 Å². The SMILES string of the molecule is Cc1ncc(-c2ccc(N)s2)cn1. The Morgan fingerprint density at radius 3 is 2.46 bits per heavy atom. The van der Waals surface area contributed by atoms with Crippen LogP contribution in [-0.4, -0.2) is 9.97 Å². The van der Waals surface area contributed by atoms with Gasteiger partial charge in [-0.15, -0.1) is 11.3 Å². The first kappa shape index (κ1) is 8.19. The highest BCUT2D eigenvalue weighted by atomic mass is 32.1. The molecule has 4 heteroatoms. The monoisotopic (exact) mass is 191 g/mol. The molecule has 0 aliphatic rings. The molecular formula is C9H9N3S. The van der Waals surface area contributed by atoms with Gasteiger partial charge in [0.15, 0.2) is 0 Å². The summed E-state index contributed by atoms with van der Waals surface area (Å²) in [5.41, 5.74) is 6.64. The number of thiophene rings is 1. The summed E-state index contributed by atoms with van der Waals surface area (Å²) in [5, 5.41) is 0.815. The second kappa shape index (κ2) is 3.14. The largest absolute Gasteiger partial charge is 0.391 e. The Morgan fingerprint density at radius 1 is 1.23 bits per heavy atom. The molecule has 0 fully saturated rings. The summed E-state index contributed by atoms with van der Waals surface area (Å²) in [4.78, 5) is 9.35. The number of anilines is 1. The third-order valence-corrected chi connectivity index (χ3v) is 2.66. The summed E-state index contributed by atoms with van der Waals surface area (Å²) in [6.45, 7) is 1.87. The van der Waals surface area contributed by atoms with Gasteiger partial charge in [-0.3, -0.25) is 0 Å². The summed E-state index contributed by atoms with van der Waals surface area (Å²) >= 11 is 1.54. The van der Waals surface area contributed by atoms with E-state index in [4.69, 9.17) is 5.73 Å². The molecule has 13 heavy (non-hydrogen) atoms. The Morgan fingerprint density at radius 2 is 1.92 bits per heavy atom. The lowest BCUT2D eigenvalue weighted by molar-refractivity contribution is 1.06. The van der Waals surface area contributed by atoms with Gasteiger partial charge in [0, 0.05) is 22.8 Å². The number of hydrogen-bond donors (Lipinski definition) is 1. The van der Waals surface area contributed by atoms with Gasteiger partial charge in [-0.2, -0.15) is 0 Å². The molecule has 2 rings (SSSR count). The van der Waals surface area contributed by atoms with Crippen LogP contribution in [0.15, 0.2) is 24.5 Å². The van der Waals surface area contributed by atoms with Crippen LogP contribution in [0.4, 0.5) is 5.00 Å². The molecule has 2 aromatic rings. The Bertz CT molecular complexity index is 405. The van der Waals surface area contributed by atoms with Crippen molar-refractivity contribution < 1.29 is 0 Å². The predicted molar refractivity (Wildman–Crippen MR) is 54.5 cm³/mol. The van der Waals surface area contributed by atoms with Crippen LogP contribution in [0.3, 0.4) is 0 Å². The van der Waals surface area contributed by atoms with Gasteiger partial charge in [0.2, 0.25) is 0 Å². The summed E-state index contributed by atoms with van der Waals surface area (Å²) in [6.07, 6.45) is 3.63. The molecule has 0 unspecified atom stereocenters. The van der Waals surface area contributed by atoms with E-state index in [-0.39, 0.29) is 0 Å². The number of hydrogen-bond acceptors (Lipinski definition) is 4. The zero-order chi connectivity index (χ0) is 9.26. The molecule has 0 atom stereocenters. The van der Waals surface area contributed by atoms with E-state index < -0.39 is 0 Å². The van der Waals surface area contributed by atoms with Crippen molar-refractivity contribution in [3.8, 4) is 10.4 Å². The standard InChI is InChI=1S/C9H9N3S/c1-6-11-4-7(5-12-6)8-2-3-9(10)13-8/h2-5H,10H2,1H3. The van der Waals surface area contributed by atoms with Gasteiger partial charge in [-0.25, -0.2) is 9.97 Å². The van der Waals surface area contributed by atoms with E-state index in [0.29, 0.717) is 0 Å². The van der Waals surface area contributed by atoms with E-state index in [9.17, 15) is 0 Å². The third kappa shape index (κ3) is 1.67. The van der Waals surface area contributed by atoms with Gasteiger partial charge in [-0.05, 0) is 19.1 Å². The maximum atomic E-state index is 5.62. The van der Waals surface area contributed by atoms with Crippen LogP contribution in [0.2, 0.25) is 0 Å². The fraction of sp³-hybridized carbons (Fsp3) is 0.111. The van der Waals surface area contributed by atoms with Gasteiger partial charge in [0.1, 0.15) is 5.82 Å². The fourth-order valence-corrected chi connectivity index (χ4v) is 1.78. The van der Waals surface area contributed by atoms with Crippen molar-refractivity contribution in [1.29, 1.82) is 0 Å². The van der Waals surface area contributed by atoms with Crippen LogP contribution in [-0.2, 0) is 0 Å². The molecule has 2 heterocycles. The molecule has 3 nitrogen and oxygen atoms in total. The first-order chi connectivity index (χ1) is 6.25. The lowest BCUT2D eigenvalue weighted by Gasteiger charge is -1.95. The zero-order valence-corrected chi connectivity index (χ0v) is 8.01. The molecule has 0 saturated carbocycles. The summed E-state index contributed by atoms with van der Waals surface area (Å²) in [5.74, 6) is 0.785. The maximum Gasteiger partial charge on any atom is 0.125 e. The molecule has 0 spiro atoms. The minimum absolute atomic E-state index is 0.785. The minimum atomic E-state index is 0.785. The van der Waals surface area contributed by atoms with Gasteiger partial charge < -0.3 is 5.73 Å². The van der Waals surface area contributed by atoms with E-state index in [1.807, 2.05) is 31.5 Å². The molecule has 2 N–H and O–H groups in total. The Balaban J connectivity index is 2.41. The van der Waals surface area contributed by atoms with E-state index in [0.717, 1.165) is 21.3 Å². The number of nitrogens with zero attached hydrogens (tertiary/aromatic N) is 2. The fourth-order valence-electron chi connectivity index (χ4n) is 1.03. The highest BCUT2D eigenvalue weighted by Crippen LogP contribution is 2.28. The lowest BCUT2D eigenvalue weighted by Crippen LogP contribution is -1.85. The smallest absolute Gasteiger partial charge is 0.125 e. The van der Waals surface area contributed by atoms with Crippen molar-refractivity contribution in [2.24, 2.45) is 0 Å². The number of aryl methyl sites for hydroxylation is 1. The highest BCUT2D eigenvalue weighted by Gasteiger charge is 2.00. The van der Waals surface area contributed by atoms with Crippen LogP contribution in [0.25, 0.3) is 10.4 Å². The van der Waals surface area contributed by atoms with E-state index >= 15 is 0 Å². The van der Waals surface area contributed by atoms with Crippen molar-refractivity contribution in [3.05, 3.63) is 30.4 Å². The first-order valence-corrected chi connectivity index (χ1v) is 4.72. The van der Waals surface area contributed by atoms with E-state index in [2.05, 4.69) is 9.97 Å². The van der Waals surface area contributed by atoms with Gasteiger partial charge in [-0.1, -0.05) is 0 Å². The predicted octanol–water partition coefficient (Wildman–Crippen LogP) is 2.10. The topological polar surface area (TPSA) is 51.8 Å². The Kier molecular flexibility index (Phi) is 1.98. The summed E-state index contributed by atoms with van der Waals surface area (Å²) in [7, 11) is 0. The quantitative estimate of drug-likeness (QED) is 0.751. The van der Waals surface area contributed by atoms with Crippen LogP contribution < -0.4 is 5.73 Å². The summed E-state index contributed by atoms with van der Waals surface area (Å²) < 4.78 is 0. The highest BCUT2D eigenvalue weighted by molar-refractivity contribution is 7.19. The van der Waals surface area contributed by atoms with Crippen molar-refractivity contribution in [2.45, 2.75) is 6.92 Å². The molecule has 66 valence electrons. The van der Waals surface area contributed by atoms with Gasteiger partial charge >= 0.3 is 0 Å². The molecular weight excluding hydrogens is 182 g/mol. The maximum absolute atomic E-state index is 5.62. The molecule has 0 aromatic carbocycles. The van der Waals surface area contributed by atoms with Crippen molar-refractivity contribution in [2.75, 3.05) is 5.73 Å². The molecule has 2 aromatic heterocycles. The van der Waals surface area contributed by atoms with E-state index in [1.54, 1.807) is 11.3 Å². The Labute approximate surface area is 80.3 Å². The van der Waals surface area contributed by atoms with Crippen molar-refractivity contribution in [3.63, 3.8) is 0 Å². The second-order valence-corrected chi connectivity index (χ2v) is 3.84. The molecule has 0 radical (unpaired) electrons. The number of rotatable bonds is 1. The number of nitrogens with two attached hydrogens (primary N) is 1. The summed E-state index contributed by atoms with van der Waals surface area (Å²) in [6, 6.07) is 3.87. The van der Waals surface area contributed by atoms with Crippen LogP contribution in [0.5, 0.6) is 0 Å². The first-order valence-electron chi connectivity index (χ1n) is 3.90. The lowest BCUT2D eigenvalue weighted by atomic mass is 10.3. The van der Waals surface area contributed by atoms with Crippen molar-refractivity contribution in [1.82, 2.24) is 9.97 Å². The molecule has 0 saturated heterocycles.